The highest BCUT2D eigenvalue weighted by molar-refractivity contribution is 5.81. The normalized spacial score (nSPS) is 14.7. The zero-order chi connectivity index (χ0) is 20.9. The molecule has 11 heteroatoms. The van der Waals surface area contributed by atoms with Gasteiger partial charge in [0.2, 0.25) is 11.5 Å². The molecule has 1 aliphatic rings. The van der Waals surface area contributed by atoms with Gasteiger partial charge in [-0.15, -0.1) is 0 Å². The molecule has 1 fully saturated rings. The number of amides is 1. The van der Waals surface area contributed by atoms with Crippen molar-refractivity contribution in [2.45, 2.75) is 44.6 Å². The molecule has 1 amide bonds. The van der Waals surface area contributed by atoms with Crippen LogP contribution in [0, 0.1) is 0 Å². The molecule has 3 rings (SSSR count). The quantitative estimate of drug-likeness (QED) is 0.600. The summed E-state index contributed by atoms with van der Waals surface area (Å²) in [7, 11) is 0. The maximum absolute atomic E-state index is 11.9. The summed E-state index contributed by atoms with van der Waals surface area (Å²) in [5.41, 5.74) is 1.08. The van der Waals surface area contributed by atoms with Gasteiger partial charge in [0.25, 0.3) is 0 Å². The highest BCUT2D eigenvalue weighted by Crippen LogP contribution is 2.19. The van der Waals surface area contributed by atoms with Crippen molar-refractivity contribution in [3.8, 4) is 0 Å². The van der Waals surface area contributed by atoms with Crippen molar-refractivity contribution in [1.29, 1.82) is 0 Å². The van der Waals surface area contributed by atoms with Gasteiger partial charge in [-0.3, -0.25) is 9.59 Å². The van der Waals surface area contributed by atoms with Crippen LogP contribution in [0.1, 0.15) is 25.5 Å². The van der Waals surface area contributed by atoms with E-state index in [-0.39, 0.29) is 17.5 Å². The Bertz CT molecular complexity index is 909. The Labute approximate surface area is 157 Å². The van der Waals surface area contributed by atoms with E-state index in [1.54, 1.807) is 6.07 Å². The lowest BCUT2D eigenvalue weighted by molar-refractivity contribution is -0.192. The molecule has 0 aromatic carbocycles. The number of carbonyl (C=O) groups is 2. The Hall–Kier alpha value is -2.95. The molecule has 2 heterocycles. The predicted octanol–water partition coefficient (Wildman–Crippen LogP) is 1.31. The third kappa shape index (κ3) is 6.65. The van der Waals surface area contributed by atoms with E-state index in [4.69, 9.17) is 9.90 Å². The highest BCUT2D eigenvalue weighted by Gasteiger charge is 2.38. The summed E-state index contributed by atoms with van der Waals surface area (Å²) in [6.45, 7) is 2.21. The number of hydrogen-bond donors (Lipinski definition) is 4. The Morgan fingerprint density at radius 3 is 2.46 bits per heavy atom. The Morgan fingerprint density at radius 2 is 1.89 bits per heavy atom. The van der Waals surface area contributed by atoms with Crippen molar-refractivity contribution in [2.75, 3.05) is 0 Å². The lowest BCUT2D eigenvalue weighted by atomic mass is 10.2. The van der Waals surface area contributed by atoms with E-state index < -0.39 is 12.1 Å². The molecule has 0 bridgehead atoms. The van der Waals surface area contributed by atoms with Crippen LogP contribution in [0.25, 0.3) is 11.0 Å². The van der Waals surface area contributed by atoms with Gasteiger partial charge in [-0.05, 0) is 38.0 Å². The van der Waals surface area contributed by atoms with E-state index >= 15 is 0 Å². The van der Waals surface area contributed by atoms with Crippen LogP contribution in [0.3, 0.4) is 0 Å². The summed E-state index contributed by atoms with van der Waals surface area (Å²) < 4.78 is 31.7. The highest BCUT2D eigenvalue weighted by atomic mass is 19.4. The van der Waals surface area contributed by atoms with E-state index in [2.05, 4.69) is 20.6 Å². The van der Waals surface area contributed by atoms with Gasteiger partial charge in [-0.25, -0.2) is 9.78 Å². The number of nitrogens with one attached hydrogen (secondary N) is 3. The third-order valence-electron chi connectivity index (χ3n) is 3.78. The first-order chi connectivity index (χ1) is 13.1. The van der Waals surface area contributed by atoms with Crippen LogP contribution in [0.2, 0.25) is 0 Å². The average Bonchev–Trinajstić information content (AvgIpc) is 3.42. The number of halogens is 3. The average molecular weight is 400 g/mol. The number of hydrogen-bond acceptors (Lipinski definition) is 5. The van der Waals surface area contributed by atoms with Crippen LogP contribution in [-0.2, 0) is 16.1 Å². The van der Waals surface area contributed by atoms with Crippen molar-refractivity contribution in [3.63, 3.8) is 0 Å². The number of H-pyrrole nitrogens is 1. The number of carbonyl (C=O) groups excluding carboxylic acids is 1. The second-order valence-corrected chi connectivity index (χ2v) is 6.25. The van der Waals surface area contributed by atoms with Crippen LogP contribution in [0.5, 0.6) is 0 Å². The smallest absolute Gasteiger partial charge is 0.475 e. The summed E-state index contributed by atoms with van der Waals surface area (Å²) in [6, 6.07) is 7.22. The number of fused-ring (bicyclic) bond motifs is 1. The van der Waals surface area contributed by atoms with Crippen molar-refractivity contribution in [1.82, 2.24) is 20.6 Å². The number of pyridine rings is 2. The fourth-order valence-corrected chi connectivity index (χ4v) is 2.18. The minimum Gasteiger partial charge on any atom is -0.475 e. The van der Waals surface area contributed by atoms with Gasteiger partial charge in [0.1, 0.15) is 5.65 Å². The predicted molar refractivity (Wildman–Crippen MR) is 93.5 cm³/mol. The van der Waals surface area contributed by atoms with Gasteiger partial charge in [0.05, 0.1) is 18.3 Å². The number of aliphatic carboxylic acids is 1. The zero-order valence-corrected chi connectivity index (χ0v) is 14.8. The first kappa shape index (κ1) is 21.4. The SMILES string of the molecule is CC(NC1CC1)C(=O)NCc1ccc2ccc(=O)[nH]c2n1.O=C(O)C(F)(F)F. The van der Waals surface area contributed by atoms with Gasteiger partial charge >= 0.3 is 12.1 Å². The Kier molecular flexibility index (Phi) is 6.73. The third-order valence-corrected chi connectivity index (χ3v) is 3.78. The van der Waals surface area contributed by atoms with Crippen LogP contribution in [0.4, 0.5) is 13.2 Å². The molecule has 0 saturated heterocycles. The maximum Gasteiger partial charge on any atom is 0.490 e. The summed E-state index contributed by atoms with van der Waals surface area (Å²) in [5, 5.41) is 14.1. The van der Waals surface area contributed by atoms with Crippen LogP contribution in [-0.4, -0.2) is 45.2 Å². The second-order valence-electron chi connectivity index (χ2n) is 6.25. The fourth-order valence-electron chi connectivity index (χ4n) is 2.18. The first-order valence-corrected chi connectivity index (χ1v) is 8.39. The molecule has 0 spiro atoms. The number of rotatable bonds is 5. The van der Waals surface area contributed by atoms with Gasteiger partial charge in [-0.1, -0.05) is 0 Å². The fraction of sp³-hybridized carbons (Fsp3) is 0.412. The Morgan fingerprint density at radius 1 is 1.29 bits per heavy atom. The summed E-state index contributed by atoms with van der Waals surface area (Å²) in [6.07, 6.45) is -2.78. The first-order valence-electron chi connectivity index (χ1n) is 8.39. The zero-order valence-electron chi connectivity index (χ0n) is 14.8. The molecule has 28 heavy (non-hydrogen) atoms. The van der Waals surface area contributed by atoms with Crippen molar-refractivity contribution < 1.29 is 27.9 Å². The van der Waals surface area contributed by atoms with E-state index in [0.717, 1.165) is 23.9 Å². The van der Waals surface area contributed by atoms with E-state index in [1.807, 2.05) is 19.1 Å². The van der Waals surface area contributed by atoms with Crippen molar-refractivity contribution in [2.24, 2.45) is 0 Å². The summed E-state index contributed by atoms with van der Waals surface area (Å²) in [5.74, 6) is -2.79. The molecule has 152 valence electrons. The molecule has 0 aliphatic heterocycles. The molecule has 4 N–H and O–H groups in total. The van der Waals surface area contributed by atoms with Gasteiger partial charge < -0.3 is 20.7 Å². The standard InChI is InChI=1S/C15H18N4O2.C2HF3O2/c1-9(17-11-5-6-11)15(21)16-8-12-4-2-10-3-7-13(20)19-14(10)18-12;3-2(4,5)1(6)7/h2-4,7,9,11,17H,5-6,8H2,1H3,(H,16,21)(H,18,19,20);(H,6,7). The monoisotopic (exact) mass is 400 g/mol. The van der Waals surface area contributed by atoms with Crippen LogP contribution < -0.4 is 16.2 Å². The molecule has 1 unspecified atom stereocenters. The minimum absolute atomic E-state index is 0.0367. The molecule has 0 radical (unpaired) electrons. The minimum atomic E-state index is -5.08. The topological polar surface area (TPSA) is 124 Å². The number of aromatic amines is 1. The van der Waals surface area contributed by atoms with Crippen molar-refractivity contribution >= 4 is 22.9 Å². The number of alkyl halides is 3. The van der Waals surface area contributed by atoms with E-state index in [1.165, 1.54) is 6.07 Å². The van der Waals surface area contributed by atoms with Crippen LogP contribution in [0.15, 0.2) is 29.1 Å². The number of carboxylic acids is 1. The molecular formula is C17H19F3N4O4. The lowest BCUT2D eigenvalue weighted by Crippen LogP contribution is -2.42. The van der Waals surface area contributed by atoms with Gasteiger partial charge in [-0.2, -0.15) is 13.2 Å². The summed E-state index contributed by atoms with van der Waals surface area (Å²) in [4.78, 5) is 39.2. The molecular weight excluding hydrogens is 381 g/mol. The molecule has 2 aromatic rings. The molecule has 1 atom stereocenters. The molecule has 1 aliphatic carbocycles. The van der Waals surface area contributed by atoms with Crippen LogP contribution >= 0.6 is 0 Å². The Balaban J connectivity index is 0.000000345. The van der Waals surface area contributed by atoms with E-state index in [9.17, 15) is 22.8 Å². The number of aromatic nitrogens is 2. The summed E-state index contributed by atoms with van der Waals surface area (Å²) >= 11 is 0. The number of carboxylic acid groups (broad SMARTS) is 1. The molecule has 2 aromatic heterocycles. The largest absolute Gasteiger partial charge is 0.490 e. The molecule has 8 nitrogen and oxygen atoms in total. The van der Waals surface area contributed by atoms with E-state index in [0.29, 0.717) is 18.2 Å². The molecule has 1 saturated carbocycles. The second kappa shape index (κ2) is 8.83. The van der Waals surface area contributed by atoms with Gasteiger partial charge in [0.15, 0.2) is 0 Å². The van der Waals surface area contributed by atoms with Crippen molar-refractivity contribution in [3.05, 3.63) is 40.3 Å². The maximum atomic E-state index is 11.9. The van der Waals surface area contributed by atoms with Gasteiger partial charge in [0, 0.05) is 17.5 Å². The lowest BCUT2D eigenvalue weighted by Gasteiger charge is -2.13. The number of nitrogens with zero attached hydrogens (tertiary/aromatic N) is 1.